The van der Waals surface area contributed by atoms with Crippen LogP contribution in [0.3, 0.4) is 0 Å². The van der Waals surface area contributed by atoms with Crippen LogP contribution in [0.25, 0.3) is 0 Å². The maximum Gasteiger partial charge on any atom is 0.410 e. The third kappa shape index (κ3) is 3.97. The van der Waals surface area contributed by atoms with Crippen LogP contribution in [0.15, 0.2) is 15.9 Å². The molecule has 1 spiro atoms. The molecule has 2 heterocycles. The van der Waals surface area contributed by atoms with Crippen molar-refractivity contribution in [1.29, 1.82) is 0 Å². The van der Waals surface area contributed by atoms with Gasteiger partial charge in [0.05, 0.1) is 0 Å². The van der Waals surface area contributed by atoms with Gasteiger partial charge in [-0.3, -0.25) is 0 Å². The number of rotatable bonds is 3. The molecule has 2 aliphatic rings. The lowest BCUT2D eigenvalue weighted by atomic mass is 9.69. The Labute approximate surface area is 157 Å². The van der Waals surface area contributed by atoms with Gasteiger partial charge in [-0.25, -0.2) is 4.79 Å². The first kappa shape index (κ1) is 18.2. The van der Waals surface area contributed by atoms with Gasteiger partial charge in [0.25, 0.3) is 0 Å². The molecule has 0 bridgehead atoms. The third-order valence-electron chi connectivity index (χ3n) is 5.04. The Bertz CT molecular complexity index is 592. The number of thiophene rings is 1. The molecule has 24 heavy (non-hydrogen) atoms. The van der Waals surface area contributed by atoms with E-state index < -0.39 is 5.60 Å². The fraction of sp³-hybridized carbons (Fsp3) is 0.722. The largest absolute Gasteiger partial charge is 0.444 e. The Kier molecular flexibility index (Phi) is 5.28. The molecule has 1 aliphatic heterocycles. The standard InChI is InChI=1S/C18H27BrN2O2S/c1-17(2,3)23-16(22)21-9-5-13(11-18(21)7-4-8-18)20-12-15-14(19)6-10-24-15/h6,10,13,20H,4-5,7-9,11-12H2,1-3H3. The second-order valence-corrected chi connectivity index (χ2v) is 9.83. The molecule has 1 N–H and O–H groups in total. The van der Waals surface area contributed by atoms with Crippen LogP contribution in [0, 0.1) is 0 Å². The first-order valence-corrected chi connectivity index (χ1v) is 10.4. The van der Waals surface area contributed by atoms with Crippen molar-refractivity contribution in [2.24, 2.45) is 0 Å². The zero-order chi connectivity index (χ0) is 17.4. The molecular weight excluding hydrogens is 388 g/mol. The van der Waals surface area contributed by atoms with Gasteiger partial charge in [-0.15, -0.1) is 11.3 Å². The van der Waals surface area contributed by atoms with E-state index in [1.54, 1.807) is 11.3 Å². The predicted molar refractivity (Wildman–Crippen MR) is 101 cm³/mol. The quantitative estimate of drug-likeness (QED) is 0.762. The minimum atomic E-state index is -0.428. The molecule has 3 rings (SSSR count). The van der Waals surface area contributed by atoms with Crippen LogP contribution in [0.2, 0.25) is 0 Å². The van der Waals surface area contributed by atoms with E-state index in [0.717, 1.165) is 38.8 Å². The molecule has 134 valence electrons. The van der Waals surface area contributed by atoms with E-state index in [2.05, 4.69) is 32.7 Å². The SMILES string of the molecule is CC(C)(C)OC(=O)N1CCC(NCc2sccc2Br)CC12CCC2. The maximum absolute atomic E-state index is 12.6. The number of nitrogens with zero attached hydrogens (tertiary/aromatic N) is 1. The highest BCUT2D eigenvalue weighted by atomic mass is 79.9. The Morgan fingerprint density at radius 3 is 2.79 bits per heavy atom. The molecule has 0 aromatic carbocycles. The summed E-state index contributed by atoms with van der Waals surface area (Å²) in [6, 6.07) is 2.57. The minimum Gasteiger partial charge on any atom is -0.444 e. The molecule has 1 saturated carbocycles. The van der Waals surface area contributed by atoms with Gasteiger partial charge in [0.15, 0.2) is 0 Å². The van der Waals surface area contributed by atoms with Gasteiger partial charge >= 0.3 is 6.09 Å². The van der Waals surface area contributed by atoms with Crippen molar-refractivity contribution in [2.75, 3.05) is 6.54 Å². The normalized spacial score (nSPS) is 23.2. The summed E-state index contributed by atoms with van der Waals surface area (Å²) in [6.45, 7) is 7.49. The number of halogens is 1. The van der Waals surface area contributed by atoms with Crippen LogP contribution in [-0.4, -0.2) is 34.7 Å². The van der Waals surface area contributed by atoms with Gasteiger partial charge in [-0.2, -0.15) is 0 Å². The lowest BCUT2D eigenvalue weighted by molar-refractivity contribution is -0.0494. The van der Waals surface area contributed by atoms with E-state index >= 15 is 0 Å². The Morgan fingerprint density at radius 1 is 1.50 bits per heavy atom. The average molecular weight is 415 g/mol. The van der Waals surface area contributed by atoms with Gasteiger partial charge in [0.2, 0.25) is 0 Å². The van der Waals surface area contributed by atoms with Crippen molar-refractivity contribution in [3.05, 3.63) is 20.8 Å². The minimum absolute atomic E-state index is 0.0188. The summed E-state index contributed by atoms with van der Waals surface area (Å²) in [6.07, 6.45) is 5.31. The van der Waals surface area contributed by atoms with Crippen LogP contribution in [0.1, 0.15) is 57.8 Å². The molecule has 4 nitrogen and oxygen atoms in total. The number of hydrogen-bond acceptors (Lipinski definition) is 4. The fourth-order valence-electron chi connectivity index (χ4n) is 3.72. The van der Waals surface area contributed by atoms with Crippen molar-refractivity contribution in [1.82, 2.24) is 10.2 Å². The maximum atomic E-state index is 12.6. The number of ether oxygens (including phenoxy) is 1. The van der Waals surface area contributed by atoms with Crippen molar-refractivity contribution in [3.63, 3.8) is 0 Å². The number of amides is 1. The summed E-state index contributed by atoms with van der Waals surface area (Å²) in [4.78, 5) is 16.0. The number of hydrogen-bond donors (Lipinski definition) is 1. The lowest BCUT2D eigenvalue weighted by Crippen LogP contribution is -2.63. The lowest BCUT2D eigenvalue weighted by Gasteiger charge is -2.54. The van der Waals surface area contributed by atoms with Crippen molar-refractivity contribution >= 4 is 33.4 Å². The highest BCUT2D eigenvalue weighted by Crippen LogP contribution is 2.45. The van der Waals surface area contributed by atoms with E-state index in [4.69, 9.17) is 4.74 Å². The third-order valence-corrected chi connectivity index (χ3v) is 6.97. The Balaban J connectivity index is 1.60. The second kappa shape index (κ2) is 6.96. The highest BCUT2D eigenvalue weighted by Gasteiger charge is 2.49. The molecule has 1 aromatic rings. The fourth-order valence-corrected chi connectivity index (χ4v) is 5.16. The molecule has 1 aliphatic carbocycles. The number of nitrogens with one attached hydrogen (secondary N) is 1. The second-order valence-electron chi connectivity index (χ2n) is 7.97. The zero-order valence-electron chi connectivity index (χ0n) is 14.7. The highest BCUT2D eigenvalue weighted by molar-refractivity contribution is 9.10. The smallest absolute Gasteiger partial charge is 0.410 e. The Hall–Kier alpha value is -0.590. The summed E-state index contributed by atoms with van der Waals surface area (Å²) in [5.41, 5.74) is -0.409. The van der Waals surface area contributed by atoms with E-state index in [0.29, 0.717) is 6.04 Å². The van der Waals surface area contributed by atoms with E-state index in [9.17, 15) is 4.79 Å². The van der Waals surface area contributed by atoms with Crippen LogP contribution >= 0.6 is 27.3 Å². The van der Waals surface area contributed by atoms with Crippen LogP contribution in [0.5, 0.6) is 0 Å². The van der Waals surface area contributed by atoms with E-state index in [1.807, 2.05) is 25.7 Å². The number of piperidine rings is 1. The first-order valence-electron chi connectivity index (χ1n) is 8.75. The average Bonchev–Trinajstić information content (AvgIpc) is 2.86. The topological polar surface area (TPSA) is 41.6 Å². The van der Waals surface area contributed by atoms with Crippen molar-refractivity contribution < 1.29 is 9.53 Å². The molecule has 1 amide bonds. The summed E-state index contributed by atoms with van der Waals surface area (Å²) >= 11 is 5.37. The number of carbonyl (C=O) groups excluding carboxylic acids is 1. The van der Waals surface area contributed by atoms with Crippen molar-refractivity contribution in [3.8, 4) is 0 Å². The van der Waals surface area contributed by atoms with Gasteiger partial charge in [0.1, 0.15) is 5.60 Å². The summed E-state index contributed by atoms with van der Waals surface area (Å²) < 4.78 is 6.83. The van der Waals surface area contributed by atoms with Gasteiger partial charge in [-0.05, 0) is 80.3 Å². The first-order chi connectivity index (χ1) is 11.3. The monoisotopic (exact) mass is 414 g/mol. The molecule has 1 unspecified atom stereocenters. The molecule has 1 saturated heterocycles. The molecular formula is C18H27BrN2O2S. The van der Waals surface area contributed by atoms with Crippen LogP contribution < -0.4 is 5.32 Å². The van der Waals surface area contributed by atoms with Crippen LogP contribution in [0.4, 0.5) is 4.79 Å². The number of carbonyl (C=O) groups is 1. The van der Waals surface area contributed by atoms with Crippen LogP contribution in [-0.2, 0) is 11.3 Å². The van der Waals surface area contributed by atoms with Gasteiger partial charge in [-0.1, -0.05) is 0 Å². The number of likely N-dealkylation sites (tertiary alicyclic amines) is 1. The molecule has 1 atom stereocenters. The zero-order valence-corrected chi connectivity index (χ0v) is 17.1. The van der Waals surface area contributed by atoms with Crippen molar-refractivity contribution in [2.45, 2.75) is 76.6 Å². The molecule has 0 radical (unpaired) electrons. The summed E-state index contributed by atoms with van der Waals surface area (Å²) in [5, 5.41) is 5.81. The summed E-state index contributed by atoms with van der Waals surface area (Å²) in [7, 11) is 0. The Morgan fingerprint density at radius 2 is 2.25 bits per heavy atom. The predicted octanol–water partition coefficient (Wildman–Crippen LogP) is 4.92. The molecule has 6 heteroatoms. The van der Waals surface area contributed by atoms with Gasteiger partial charge in [0, 0.05) is 34.0 Å². The summed E-state index contributed by atoms with van der Waals surface area (Å²) in [5.74, 6) is 0. The van der Waals surface area contributed by atoms with E-state index in [1.165, 1.54) is 15.8 Å². The van der Waals surface area contributed by atoms with Gasteiger partial charge < -0.3 is 15.0 Å². The molecule has 1 aromatic heterocycles. The molecule has 2 fully saturated rings. The van der Waals surface area contributed by atoms with E-state index in [-0.39, 0.29) is 11.6 Å².